The number of carbonyl (C=O) groups is 1. The lowest BCUT2D eigenvalue weighted by molar-refractivity contribution is -0.133. The fourth-order valence-electron chi connectivity index (χ4n) is 4.33. The Morgan fingerprint density at radius 1 is 1.29 bits per heavy atom. The number of amides is 1. The van der Waals surface area contributed by atoms with Crippen molar-refractivity contribution in [1.29, 1.82) is 0 Å². The number of hydrogen-bond donors (Lipinski definition) is 2. The Labute approximate surface area is 208 Å². The van der Waals surface area contributed by atoms with E-state index in [1.807, 2.05) is 39.3 Å². The molecule has 0 aliphatic carbocycles. The lowest BCUT2D eigenvalue weighted by atomic mass is 10.2. The highest BCUT2D eigenvalue weighted by Crippen LogP contribution is 2.23. The molecule has 1 amide bonds. The maximum Gasteiger partial charge on any atom is 0.239 e. The van der Waals surface area contributed by atoms with Crippen LogP contribution in [0.2, 0.25) is 5.02 Å². The van der Waals surface area contributed by atoms with Crippen molar-refractivity contribution < 1.29 is 4.79 Å². The molecule has 2 fully saturated rings. The highest BCUT2D eigenvalue weighted by atomic mass is 127. The standard InChI is InChI=1S/C22H35ClN6O.HI/c1-24-22(25-11-6-13-28-12-5-9-20(28)21(30)27(2)3)26-18-10-14-29(16-18)19-8-4-7-17(23)15-19;/h4,7-8,15,18,20H,5-6,9-14,16H2,1-3H3,(H2,24,25,26);1H. The molecule has 2 heterocycles. The smallest absolute Gasteiger partial charge is 0.239 e. The van der Waals surface area contributed by atoms with E-state index in [0.29, 0.717) is 6.04 Å². The van der Waals surface area contributed by atoms with E-state index in [0.717, 1.165) is 69.4 Å². The summed E-state index contributed by atoms with van der Waals surface area (Å²) in [4.78, 5) is 23.1. The zero-order chi connectivity index (χ0) is 21.5. The second kappa shape index (κ2) is 12.7. The highest BCUT2D eigenvalue weighted by molar-refractivity contribution is 14.0. The molecule has 174 valence electrons. The number of carbonyl (C=O) groups excluding carboxylic acids is 1. The van der Waals surface area contributed by atoms with E-state index < -0.39 is 0 Å². The van der Waals surface area contributed by atoms with E-state index in [9.17, 15) is 4.79 Å². The molecular formula is C22H36ClIN6O. The van der Waals surface area contributed by atoms with Gasteiger partial charge in [-0.25, -0.2) is 0 Å². The summed E-state index contributed by atoms with van der Waals surface area (Å²) in [5.74, 6) is 1.07. The number of hydrogen-bond acceptors (Lipinski definition) is 4. The maximum absolute atomic E-state index is 12.3. The van der Waals surface area contributed by atoms with Crippen LogP contribution in [0.1, 0.15) is 25.7 Å². The fourth-order valence-corrected chi connectivity index (χ4v) is 4.52. The second-order valence-electron chi connectivity index (χ2n) is 8.34. The van der Waals surface area contributed by atoms with E-state index in [2.05, 4.69) is 31.5 Å². The second-order valence-corrected chi connectivity index (χ2v) is 8.77. The quantitative estimate of drug-likeness (QED) is 0.232. The average Bonchev–Trinajstić information content (AvgIpc) is 3.39. The van der Waals surface area contributed by atoms with Crippen LogP contribution in [-0.2, 0) is 4.79 Å². The minimum Gasteiger partial charge on any atom is -0.369 e. The van der Waals surface area contributed by atoms with Crippen LogP contribution in [0.4, 0.5) is 5.69 Å². The number of nitrogens with one attached hydrogen (secondary N) is 2. The van der Waals surface area contributed by atoms with Crippen molar-refractivity contribution in [3.63, 3.8) is 0 Å². The minimum absolute atomic E-state index is 0. The third-order valence-corrected chi connectivity index (χ3v) is 6.17. The van der Waals surface area contributed by atoms with Gasteiger partial charge in [0.15, 0.2) is 5.96 Å². The third kappa shape index (κ3) is 7.39. The van der Waals surface area contributed by atoms with Gasteiger partial charge in [-0.2, -0.15) is 0 Å². The van der Waals surface area contributed by atoms with Crippen molar-refractivity contribution in [2.24, 2.45) is 4.99 Å². The number of guanidine groups is 1. The van der Waals surface area contributed by atoms with Gasteiger partial charge in [-0.05, 0) is 50.4 Å². The summed E-state index contributed by atoms with van der Waals surface area (Å²) in [6.07, 6.45) is 4.12. The van der Waals surface area contributed by atoms with Crippen molar-refractivity contribution in [1.82, 2.24) is 20.4 Å². The minimum atomic E-state index is 0. The van der Waals surface area contributed by atoms with Crippen molar-refractivity contribution in [2.75, 3.05) is 58.8 Å². The summed E-state index contributed by atoms with van der Waals surface area (Å²) in [5.41, 5.74) is 1.17. The first-order valence-electron chi connectivity index (χ1n) is 10.9. The van der Waals surface area contributed by atoms with E-state index in [1.54, 1.807) is 4.90 Å². The topological polar surface area (TPSA) is 63.2 Å². The van der Waals surface area contributed by atoms with Gasteiger partial charge in [0.05, 0.1) is 6.04 Å². The Hall–Kier alpha value is -1.26. The number of rotatable bonds is 7. The van der Waals surface area contributed by atoms with Crippen molar-refractivity contribution in [3.05, 3.63) is 29.3 Å². The molecule has 2 atom stereocenters. The Morgan fingerprint density at radius 3 is 2.81 bits per heavy atom. The van der Waals surface area contributed by atoms with Gasteiger partial charge in [0.25, 0.3) is 0 Å². The molecule has 0 bridgehead atoms. The molecule has 0 spiro atoms. The van der Waals surface area contributed by atoms with Crippen LogP contribution in [0.3, 0.4) is 0 Å². The SMILES string of the molecule is CN=C(NCCCN1CCCC1C(=O)N(C)C)NC1CCN(c2cccc(Cl)c2)C1.I. The number of halogens is 2. The first-order chi connectivity index (χ1) is 14.5. The number of anilines is 1. The van der Waals surface area contributed by atoms with Gasteiger partial charge >= 0.3 is 0 Å². The number of benzene rings is 1. The third-order valence-electron chi connectivity index (χ3n) is 5.93. The van der Waals surface area contributed by atoms with Crippen LogP contribution in [0, 0.1) is 0 Å². The zero-order valence-corrected chi connectivity index (χ0v) is 21.9. The van der Waals surface area contributed by atoms with Crippen LogP contribution in [-0.4, -0.2) is 87.6 Å². The Bertz CT molecular complexity index is 746. The highest BCUT2D eigenvalue weighted by Gasteiger charge is 2.31. The van der Waals surface area contributed by atoms with Crippen LogP contribution in [0.25, 0.3) is 0 Å². The number of nitrogens with zero attached hydrogens (tertiary/aromatic N) is 4. The molecule has 2 saturated heterocycles. The average molecular weight is 563 g/mol. The number of aliphatic imine (C=N–C) groups is 1. The summed E-state index contributed by atoms with van der Waals surface area (Å²) < 4.78 is 0. The summed E-state index contributed by atoms with van der Waals surface area (Å²) in [5, 5.41) is 7.74. The lowest BCUT2D eigenvalue weighted by Gasteiger charge is -2.26. The van der Waals surface area contributed by atoms with Crippen LogP contribution in [0.15, 0.2) is 29.3 Å². The maximum atomic E-state index is 12.3. The van der Waals surface area contributed by atoms with Crippen LogP contribution >= 0.6 is 35.6 Å². The molecule has 9 heteroatoms. The van der Waals surface area contributed by atoms with Gasteiger partial charge in [0.1, 0.15) is 0 Å². The van der Waals surface area contributed by atoms with Gasteiger partial charge < -0.3 is 20.4 Å². The Balaban J connectivity index is 0.00000341. The largest absolute Gasteiger partial charge is 0.369 e. The number of likely N-dealkylation sites (N-methyl/N-ethyl adjacent to an activating group) is 1. The Morgan fingerprint density at radius 2 is 2.10 bits per heavy atom. The summed E-state index contributed by atoms with van der Waals surface area (Å²) in [7, 11) is 5.49. The lowest BCUT2D eigenvalue weighted by Crippen LogP contribution is -2.46. The Kier molecular flexibility index (Phi) is 10.6. The molecular weight excluding hydrogens is 527 g/mol. The predicted octanol–water partition coefficient (Wildman–Crippen LogP) is 2.64. The van der Waals surface area contributed by atoms with Gasteiger partial charge in [-0.15, -0.1) is 24.0 Å². The van der Waals surface area contributed by atoms with Gasteiger partial charge in [-0.1, -0.05) is 17.7 Å². The van der Waals surface area contributed by atoms with E-state index in [1.165, 1.54) is 5.69 Å². The molecule has 7 nitrogen and oxygen atoms in total. The summed E-state index contributed by atoms with van der Waals surface area (Å²) in [6.45, 7) is 4.72. The molecule has 0 radical (unpaired) electrons. The zero-order valence-electron chi connectivity index (χ0n) is 18.8. The predicted molar refractivity (Wildman–Crippen MR) is 140 cm³/mol. The molecule has 0 saturated carbocycles. The first kappa shape index (κ1) is 26.0. The molecule has 3 rings (SSSR count). The normalized spacial score (nSPS) is 21.7. The van der Waals surface area contributed by atoms with Crippen molar-refractivity contribution in [2.45, 2.75) is 37.8 Å². The van der Waals surface area contributed by atoms with Gasteiger partial charge in [0.2, 0.25) is 5.91 Å². The molecule has 2 N–H and O–H groups in total. The molecule has 2 aliphatic rings. The van der Waals surface area contributed by atoms with E-state index >= 15 is 0 Å². The molecule has 0 aromatic heterocycles. The van der Waals surface area contributed by atoms with E-state index in [-0.39, 0.29) is 35.9 Å². The summed E-state index contributed by atoms with van der Waals surface area (Å²) in [6, 6.07) is 8.43. The molecule has 1 aromatic carbocycles. The number of likely N-dealkylation sites (tertiary alicyclic amines) is 1. The molecule has 2 aliphatic heterocycles. The van der Waals surface area contributed by atoms with Crippen molar-refractivity contribution in [3.8, 4) is 0 Å². The fraction of sp³-hybridized carbons (Fsp3) is 0.636. The van der Waals surface area contributed by atoms with Crippen molar-refractivity contribution >= 4 is 53.1 Å². The van der Waals surface area contributed by atoms with Crippen LogP contribution < -0.4 is 15.5 Å². The monoisotopic (exact) mass is 562 g/mol. The molecule has 2 unspecified atom stereocenters. The molecule has 31 heavy (non-hydrogen) atoms. The van der Waals surface area contributed by atoms with E-state index in [4.69, 9.17) is 11.6 Å². The van der Waals surface area contributed by atoms with Gasteiger partial charge in [-0.3, -0.25) is 14.7 Å². The first-order valence-corrected chi connectivity index (χ1v) is 11.3. The van der Waals surface area contributed by atoms with Gasteiger partial charge in [0, 0.05) is 64.1 Å². The van der Waals surface area contributed by atoms with Crippen LogP contribution in [0.5, 0.6) is 0 Å². The molecule has 1 aromatic rings. The summed E-state index contributed by atoms with van der Waals surface area (Å²) >= 11 is 6.13.